The van der Waals surface area contributed by atoms with E-state index in [4.69, 9.17) is 14.2 Å². The summed E-state index contributed by atoms with van der Waals surface area (Å²) in [4.78, 5) is 26.8. The van der Waals surface area contributed by atoms with Crippen LogP contribution in [0.2, 0.25) is 0 Å². The van der Waals surface area contributed by atoms with E-state index in [2.05, 4.69) is 24.1 Å². The number of H-pyrrole nitrogens is 1. The summed E-state index contributed by atoms with van der Waals surface area (Å²) in [7, 11) is 3.09. The molecule has 0 aliphatic rings. The molecule has 7 nitrogen and oxygen atoms in total. The Kier molecular flexibility index (Phi) is 6.27. The average molecular weight is 348 g/mol. The number of fused-ring (bicyclic) bond motifs is 1. The summed E-state index contributed by atoms with van der Waals surface area (Å²) < 4.78 is 15.6. The van der Waals surface area contributed by atoms with Crippen LogP contribution in [-0.4, -0.2) is 44.2 Å². The first-order chi connectivity index (χ1) is 11.9. The van der Waals surface area contributed by atoms with Gasteiger partial charge in [0, 0.05) is 18.0 Å². The van der Waals surface area contributed by atoms with E-state index in [1.807, 2.05) is 0 Å². The number of nitrogens with one attached hydrogen (secondary N) is 2. The van der Waals surface area contributed by atoms with Crippen molar-refractivity contribution in [2.24, 2.45) is 5.92 Å². The molecular formula is C18H24N2O5. The molecule has 0 radical (unpaired) electrons. The van der Waals surface area contributed by atoms with Gasteiger partial charge in [-0.1, -0.05) is 13.8 Å². The molecule has 136 valence electrons. The lowest BCUT2D eigenvalue weighted by Gasteiger charge is -2.07. The second-order valence-corrected chi connectivity index (χ2v) is 6.09. The minimum absolute atomic E-state index is 0.247. The van der Waals surface area contributed by atoms with E-state index < -0.39 is 5.97 Å². The summed E-state index contributed by atoms with van der Waals surface area (Å²) >= 11 is 0. The maximum absolute atomic E-state index is 12.1. The summed E-state index contributed by atoms with van der Waals surface area (Å²) in [5.41, 5.74) is 0.910. The Morgan fingerprint density at radius 3 is 2.56 bits per heavy atom. The second kappa shape index (κ2) is 8.41. The summed E-state index contributed by atoms with van der Waals surface area (Å²) in [5.74, 6) is 0.759. The molecule has 0 bridgehead atoms. The molecule has 0 atom stereocenters. The fourth-order valence-corrected chi connectivity index (χ4v) is 2.33. The number of carbonyl (C=O) groups is 2. The highest BCUT2D eigenvalue weighted by Crippen LogP contribution is 2.31. The number of rotatable bonds is 8. The van der Waals surface area contributed by atoms with Gasteiger partial charge in [-0.05, 0) is 24.5 Å². The number of amides is 1. The first kappa shape index (κ1) is 18.6. The van der Waals surface area contributed by atoms with E-state index in [1.165, 1.54) is 7.11 Å². The van der Waals surface area contributed by atoms with Gasteiger partial charge >= 0.3 is 5.97 Å². The van der Waals surface area contributed by atoms with Gasteiger partial charge in [-0.2, -0.15) is 0 Å². The lowest BCUT2D eigenvalue weighted by molar-refractivity contribution is -0.124. The largest absolute Gasteiger partial charge is 0.497 e. The molecule has 0 aliphatic carbocycles. The van der Waals surface area contributed by atoms with Gasteiger partial charge in [-0.25, -0.2) is 4.79 Å². The molecule has 0 aliphatic heterocycles. The van der Waals surface area contributed by atoms with Gasteiger partial charge in [0.1, 0.15) is 17.2 Å². The highest BCUT2D eigenvalue weighted by atomic mass is 16.5. The molecule has 0 unspecified atom stereocenters. The highest BCUT2D eigenvalue weighted by Gasteiger charge is 2.16. The third-order valence-electron chi connectivity index (χ3n) is 3.72. The molecule has 0 fully saturated rings. The van der Waals surface area contributed by atoms with Crippen LogP contribution in [0, 0.1) is 5.92 Å². The normalized spacial score (nSPS) is 10.8. The number of aromatic amines is 1. The van der Waals surface area contributed by atoms with E-state index in [-0.39, 0.29) is 18.2 Å². The standard InChI is InChI=1S/C18H24N2O5/c1-11(2)5-6-19-16(21)10-25-18(22)14-8-12-7-13(23-3)9-15(24-4)17(12)20-14/h7-9,11,20H,5-6,10H2,1-4H3,(H,19,21). The van der Waals surface area contributed by atoms with Crippen molar-refractivity contribution in [3.05, 3.63) is 23.9 Å². The Balaban J connectivity index is 2.01. The van der Waals surface area contributed by atoms with Crippen molar-refractivity contribution in [1.82, 2.24) is 10.3 Å². The smallest absolute Gasteiger partial charge is 0.355 e. The lowest BCUT2D eigenvalue weighted by atomic mass is 10.1. The van der Waals surface area contributed by atoms with Crippen LogP contribution in [0.25, 0.3) is 10.9 Å². The highest BCUT2D eigenvalue weighted by molar-refractivity contribution is 5.98. The molecule has 2 aromatic rings. The minimum Gasteiger partial charge on any atom is -0.497 e. The van der Waals surface area contributed by atoms with Gasteiger partial charge in [0.15, 0.2) is 6.61 Å². The molecule has 1 aromatic heterocycles. The van der Waals surface area contributed by atoms with Gasteiger partial charge in [0.2, 0.25) is 0 Å². The molecule has 1 aromatic carbocycles. The molecule has 7 heteroatoms. The molecule has 25 heavy (non-hydrogen) atoms. The Hall–Kier alpha value is -2.70. The summed E-state index contributed by atoms with van der Waals surface area (Å²) in [6.45, 7) is 4.40. The van der Waals surface area contributed by atoms with Crippen molar-refractivity contribution in [3.8, 4) is 11.5 Å². The molecule has 0 saturated heterocycles. The molecule has 0 saturated carbocycles. The first-order valence-electron chi connectivity index (χ1n) is 8.13. The van der Waals surface area contributed by atoms with Gasteiger partial charge in [-0.3, -0.25) is 4.79 Å². The number of hydrogen-bond acceptors (Lipinski definition) is 5. The van der Waals surface area contributed by atoms with Crippen molar-refractivity contribution >= 4 is 22.8 Å². The van der Waals surface area contributed by atoms with Crippen LogP contribution in [0.15, 0.2) is 18.2 Å². The Morgan fingerprint density at radius 1 is 1.16 bits per heavy atom. The van der Waals surface area contributed by atoms with Crippen LogP contribution in [0.3, 0.4) is 0 Å². The van der Waals surface area contributed by atoms with Crippen LogP contribution in [0.5, 0.6) is 11.5 Å². The number of aromatic nitrogens is 1. The van der Waals surface area contributed by atoms with Crippen molar-refractivity contribution < 1.29 is 23.8 Å². The van der Waals surface area contributed by atoms with E-state index in [9.17, 15) is 9.59 Å². The Bertz CT molecular complexity index is 751. The molecular weight excluding hydrogens is 324 g/mol. The summed E-state index contributed by atoms with van der Waals surface area (Å²) in [5, 5.41) is 3.47. The van der Waals surface area contributed by atoms with E-state index in [1.54, 1.807) is 25.3 Å². The Labute approximate surface area is 146 Å². The topological polar surface area (TPSA) is 89.7 Å². The quantitative estimate of drug-likeness (QED) is 0.716. The summed E-state index contributed by atoms with van der Waals surface area (Å²) in [6, 6.07) is 5.14. The van der Waals surface area contributed by atoms with Gasteiger partial charge < -0.3 is 24.5 Å². The maximum atomic E-state index is 12.1. The van der Waals surface area contributed by atoms with Crippen LogP contribution >= 0.6 is 0 Å². The maximum Gasteiger partial charge on any atom is 0.355 e. The molecule has 2 rings (SSSR count). The van der Waals surface area contributed by atoms with Crippen LogP contribution in [0.4, 0.5) is 0 Å². The monoisotopic (exact) mass is 348 g/mol. The fourth-order valence-electron chi connectivity index (χ4n) is 2.33. The SMILES string of the molecule is COc1cc(OC)c2[nH]c(C(=O)OCC(=O)NCCC(C)C)cc2c1. The van der Waals surface area contributed by atoms with Crippen molar-refractivity contribution in [3.63, 3.8) is 0 Å². The zero-order valence-electron chi connectivity index (χ0n) is 15.0. The first-order valence-corrected chi connectivity index (χ1v) is 8.13. The number of benzene rings is 1. The third-order valence-corrected chi connectivity index (χ3v) is 3.72. The zero-order chi connectivity index (χ0) is 18.4. The van der Waals surface area contributed by atoms with E-state index in [0.29, 0.717) is 29.5 Å². The Morgan fingerprint density at radius 2 is 1.92 bits per heavy atom. The van der Waals surface area contributed by atoms with Crippen molar-refractivity contribution in [2.45, 2.75) is 20.3 Å². The predicted octanol–water partition coefficient (Wildman–Crippen LogP) is 2.50. The van der Waals surface area contributed by atoms with Crippen molar-refractivity contribution in [2.75, 3.05) is 27.4 Å². The number of ether oxygens (including phenoxy) is 3. The second-order valence-electron chi connectivity index (χ2n) is 6.09. The van der Waals surface area contributed by atoms with Gasteiger partial charge in [0.05, 0.1) is 19.7 Å². The fraction of sp³-hybridized carbons (Fsp3) is 0.444. The molecule has 1 amide bonds. The number of carbonyl (C=O) groups excluding carboxylic acids is 2. The van der Waals surface area contributed by atoms with Crippen LogP contribution < -0.4 is 14.8 Å². The summed E-state index contributed by atoms with van der Waals surface area (Å²) in [6.07, 6.45) is 0.878. The number of hydrogen-bond donors (Lipinski definition) is 2. The minimum atomic E-state index is -0.601. The van der Waals surface area contributed by atoms with E-state index >= 15 is 0 Å². The zero-order valence-corrected chi connectivity index (χ0v) is 15.0. The predicted molar refractivity (Wildman–Crippen MR) is 94.1 cm³/mol. The third kappa shape index (κ3) is 4.89. The van der Waals surface area contributed by atoms with Crippen molar-refractivity contribution in [1.29, 1.82) is 0 Å². The average Bonchev–Trinajstić information content (AvgIpc) is 3.02. The van der Waals surface area contributed by atoms with Crippen LogP contribution in [-0.2, 0) is 9.53 Å². The van der Waals surface area contributed by atoms with E-state index in [0.717, 1.165) is 11.8 Å². The molecule has 1 heterocycles. The van der Waals surface area contributed by atoms with Gasteiger partial charge in [0.25, 0.3) is 5.91 Å². The molecule has 0 spiro atoms. The molecule has 2 N–H and O–H groups in total. The van der Waals surface area contributed by atoms with Gasteiger partial charge in [-0.15, -0.1) is 0 Å². The number of esters is 1. The van der Waals surface area contributed by atoms with Crippen LogP contribution in [0.1, 0.15) is 30.8 Å². The number of methoxy groups -OCH3 is 2. The lowest BCUT2D eigenvalue weighted by Crippen LogP contribution is -2.30.